The van der Waals surface area contributed by atoms with Gasteiger partial charge in [-0.2, -0.15) is 0 Å². The van der Waals surface area contributed by atoms with Crippen molar-refractivity contribution in [2.24, 2.45) is 5.92 Å². The van der Waals surface area contributed by atoms with Crippen LogP contribution in [0.2, 0.25) is 0 Å². The Morgan fingerprint density at radius 3 is 2.71 bits per heavy atom. The van der Waals surface area contributed by atoms with Gasteiger partial charge in [-0.05, 0) is 18.8 Å². The summed E-state index contributed by atoms with van der Waals surface area (Å²) in [6.45, 7) is 3.98. The molecule has 0 aliphatic carbocycles. The van der Waals surface area contributed by atoms with Crippen molar-refractivity contribution in [2.75, 3.05) is 13.1 Å². The Hall–Kier alpha value is -1.32. The van der Waals surface area contributed by atoms with Gasteiger partial charge in [0.05, 0.1) is 0 Å². The van der Waals surface area contributed by atoms with Crippen molar-refractivity contribution in [3.63, 3.8) is 0 Å². The molecule has 1 aromatic heterocycles. The maximum atomic E-state index is 11.8. The van der Waals surface area contributed by atoms with E-state index in [-0.39, 0.29) is 6.03 Å². The fourth-order valence-corrected chi connectivity index (χ4v) is 1.74. The average Bonchev–Trinajstić information content (AvgIpc) is 2.71. The molecule has 0 unspecified atom stereocenters. The molecule has 4 heteroatoms. The number of carbonyl (C=O) groups is 1. The van der Waals surface area contributed by atoms with E-state index in [0.717, 1.165) is 31.8 Å². The number of piperidine rings is 1. The number of aromatic nitrogens is 2. The SMILES string of the molecule is CC1CCN(C(=O)n2ccnc2)CC1. The number of nitrogens with zero attached hydrogens (tertiary/aromatic N) is 3. The zero-order valence-corrected chi connectivity index (χ0v) is 8.39. The Bertz CT molecular complexity index is 299. The van der Waals surface area contributed by atoms with Crippen LogP contribution >= 0.6 is 0 Å². The van der Waals surface area contributed by atoms with E-state index in [0.29, 0.717) is 0 Å². The molecule has 76 valence electrons. The summed E-state index contributed by atoms with van der Waals surface area (Å²) in [7, 11) is 0. The summed E-state index contributed by atoms with van der Waals surface area (Å²) in [5.41, 5.74) is 0. The van der Waals surface area contributed by atoms with Crippen LogP contribution in [0.5, 0.6) is 0 Å². The highest BCUT2D eigenvalue weighted by Crippen LogP contribution is 2.16. The van der Waals surface area contributed by atoms with Gasteiger partial charge in [-0.3, -0.25) is 4.57 Å². The van der Waals surface area contributed by atoms with Crippen LogP contribution in [-0.2, 0) is 0 Å². The molecule has 1 amide bonds. The number of amides is 1. The molecule has 0 bridgehead atoms. The van der Waals surface area contributed by atoms with E-state index in [9.17, 15) is 4.79 Å². The summed E-state index contributed by atoms with van der Waals surface area (Å²) < 4.78 is 1.54. The van der Waals surface area contributed by atoms with Crippen LogP contribution in [0.15, 0.2) is 18.7 Å². The molecule has 1 fully saturated rings. The van der Waals surface area contributed by atoms with Crippen molar-refractivity contribution >= 4 is 6.03 Å². The smallest absolute Gasteiger partial charge is 0.324 e. The van der Waals surface area contributed by atoms with Gasteiger partial charge in [-0.25, -0.2) is 9.78 Å². The third-order valence-corrected chi connectivity index (χ3v) is 2.78. The van der Waals surface area contributed by atoms with E-state index in [4.69, 9.17) is 0 Å². The predicted molar refractivity (Wildman–Crippen MR) is 53.0 cm³/mol. The van der Waals surface area contributed by atoms with Crippen molar-refractivity contribution in [1.29, 1.82) is 0 Å². The minimum Gasteiger partial charge on any atom is -0.324 e. The quantitative estimate of drug-likeness (QED) is 0.627. The van der Waals surface area contributed by atoms with Crippen LogP contribution in [0, 0.1) is 5.92 Å². The fraction of sp³-hybridized carbons (Fsp3) is 0.600. The first-order valence-electron chi connectivity index (χ1n) is 5.04. The summed E-state index contributed by atoms with van der Waals surface area (Å²) in [4.78, 5) is 17.6. The molecule has 4 nitrogen and oxygen atoms in total. The highest BCUT2D eigenvalue weighted by Gasteiger charge is 2.20. The van der Waals surface area contributed by atoms with Crippen molar-refractivity contribution in [2.45, 2.75) is 19.8 Å². The third-order valence-electron chi connectivity index (χ3n) is 2.78. The lowest BCUT2D eigenvalue weighted by Crippen LogP contribution is -2.39. The largest absolute Gasteiger partial charge is 0.329 e. The number of carbonyl (C=O) groups excluding carboxylic acids is 1. The second-order valence-corrected chi connectivity index (χ2v) is 3.92. The number of hydrogen-bond acceptors (Lipinski definition) is 2. The number of rotatable bonds is 0. The van der Waals surface area contributed by atoms with E-state index in [1.165, 1.54) is 4.57 Å². The van der Waals surface area contributed by atoms with Crippen LogP contribution in [0.3, 0.4) is 0 Å². The molecule has 1 saturated heterocycles. The molecule has 1 aromatic rings. The van der Waals surface area contributed by atoms with E-state index in [1.807, 2.05) is 4.90 Å². The Morgan fingerprint density at radius 2 is 2.14 bits per heavy atom. The Labute approximate surface area is 83.5 Å². The van der Waals surface area contributed by atoms with Crippen LogP contribution in [0.1, 0.15) is 19.8 Å². The summed E-state index contributed by atoms with van der Waals surface area (Å²) >= 11 is 0. The maximum Gasteiger partial charge on any atom is 0.329 e. The molecule has 0 radical (unpaired) electrons. The minimum atomic E-state index is 0.0504. The standard InChI is InChI=1S/C10H15N3O/c1-9-2-5-12(6-3-9)10(14)13-7-4-11-8-13/h4,7-9H,2-3,5-6H2,1H3. The molecule has 14 heavy (non-hydrogen) atoms. The lowest BCUT2D eigenvalue weighted by molar-refractivity contribution is 0.175. The number of hydrogen-bond donors (Lipinski definition) is 0. The molecule has 0 saturated carbocycles. The fourth-order valence-electron chi connectivity index (χ4n) is 1.74. The van der Waals surface area contributed by atoms with Crippen LogP contribution in [0.4, 0.5) is 4.79 Å². The van der Waals surface area contributed by atoms with Crippen molar-refractivity contribution < 1.29 is 4.79 Å². The molecule has 0 N–H and O–H groups in total. The topological polar surface area (TPSA) is 38.1 Å². The average molecular weight is 193 g/mol. The highest BCUT2D eigenvalue weighted by molar-refractivity contribution is 5.76. The molecule has 1 aliphatic rings. The number of imidazole rings is 1. The van der Waals surface area contributed by atoms with Gasteiger partial charge in [0.2, 0.25) is 0 Å². The van der Waals surface area contributed by atoms with Crippen molar-refractivity contribution in [3.05, 3.63) is 18.7 Å². The van der Waals surface area contributed by atoms with E-state index in [2.05, 4.69) is 11.9 Å². The van der Waals surface area contributed by atoms with E-state index < -0.39 is 0 Å². The molecular weight excluding hydrogens is 178 g/mol. The van der Waals surface area contributed by atoms with Crippen LogP contribution in [0.25, 0.3) is 0 Å². The van der Waals surface area contributed by atoms with Gasteiger partial charge in [0.1, 0.15) is 6.33 Å². The van der Waals surface area contributed by atoms with Gasteiger partial charge in [0.15, 0.2) is 0 Å². The van der Waals surface area contributed by atoms with Crippen LogP contribution in [-0.4, -0.2) is 33.6 Å². The van der Waals surface area contributed by atoms with E-state index >= 15 is 0 Å². The van der Waals surface area contributed by atoms with E-state index in [1.54, 1.807) is 18.7 Å². The molecule has 0 atom stereocenters. The maximum absolute atomic E-state index is 11.8. The summed E-state index contributed by atoms with van der Waals surface area (Å²) in [6, 6.07) is 0.0504. The first-order chi connectivity index (χ1) is 6.77. The Morgan fingerprint density at radius 1 is 1.43 bits per heavy atom. The summed E-state index contributed by atoms with van der Waals surface area (Å²) in [5, 5.41) is 0. The third kappa shape index (κ3) is 1.78. The van der Waals surface area contributed by atoms with Gasteiger partial charge in [-0.15, -0.1) is 0 Å². The van der Waals surface area contributed by atoms with Crippen molar-refractivity contribution in [1.82, 2.24) is 14.5 Å². The monoisotopic (exact) mass is 193 g/mol. The zero-order chi connectivity index (χ0) is 9.97. The van der Waals surface area contributed by atoms with Crippen LogP contribution < -0.4 is 0 Å². The normalized spacial score (nSPS) is 18.5. The molecule has 2 rings (SSSR count). The van der Waals surface area contributed by atoms with Gasteiger partial charge in [0, 0.05) is 25.5 Å². The lowest BCUT2D eigenvalue weighted by atomic mass is 10.00. The molecule has 2 heterocycles. The molecule has 1 aliphatic heterocycles. The second kappa shape index (κ2) is 3.82. The van der Waals surface area contributed by atoms with Gasteiger partial charge >= 0.3 is 6.03 Å². The number of likely N-dealkylation sites (tertiary alicyclic amines) is 1. The molecule has 0 aromatic carbocycles. The molecule has 0 spiro atoms. The molecular formula is C10H15N3O. The lowest BCUT2D eigenvalue weighted by Gasteiger charge is -2.29. The summed E-state index contributed by atoms with van der Waals surface area (Å²) in [5.74, 6) is 0.752. The second-order valence-electron chi connectivity index (χ2n) is 3.92. The van der Waals surface area contributed by atoms with Gasteiger partial charge in [-0.1, -0.05) is 6.92 Å². The van der Waals surface area contributed by atoms with Crippen molar-refractivity contribution in [3.8, 4) is 0 Å². The zero-order valence-electron chi connectivity index (χ0n) is 8.39. The summed E-state index contributed by atoms with van der Waals surface area (Å²) in [6.07, 6.45) is 7.10. The minimum absolute atomic E-state index is 0.0504. The first kappa shape index (κ1) is 9.24. The predicted octanol–water partition coefficient (Wildman–Crippen LogP) is 1.58. The first-order valence-corrected chi connectivity index (χ1v) is 5.04. The Balaban J connectivity index is 1.99. The highest BCUT2D eigenvalue weighted by atomic mass is 16.2. The van der Waals surface area contributed by atoms with Gasteiger partial charge in [0.25, 0.3) is 0 Å². The van der Waals surface area contributed by atoms with Gasteiger partial charge < -0.3 is 4.90 Å². The Kier molecular flexibility index (Phi) is 2.52.